The average molecular weight is 410 g/mol. The van der Waals surface area contributed by atoms with E-state index in [-0.39, 0.29) is 30.0 Å². The molecule has 3 rings (SSSR count). The van der Waals surface area contributed by atoms with E-state index in [0.717, 1.165) is 19.3 Å². The number of nitrogens with zero attached hydrogens (tertiary/aromatic N) is 1. The van der Waals surface area contributed by atoms with Crippen LogP contribution in [0.15, 0.2) is 42.5 Å². The fraction of sp³-hybridized carbons (Fsp3) is 0.318. The number of esters is 1. The number of amides is 1. The summed E-state index contributed by atoms with van der Waals surface area (Å²) in [5, 5.41) is 13.4. The summed E-state index contributed by atoms with van der Waals surface area (Å²) in [6.07, 6.45) is 1.75. The summed E-state index contributed by atoms with van der Waals surface area (Å²) >= 11 is 0. The molecular weight excluding hydrogens is 388 g/mol. The van der Waals surface area contributed by atoms with Crippen molar-refractivity contribution in [3.63, 3.8) is 0 Å². The highest BCUT2D eigenvalue weighted by molar-refractivity contribution is 5.99. The van der Waals surface area contributed by atoms with E-state index in [1.807, 2.05) is 12.1 Å². The zero-order valence-electron chi connectivity index (χ0n) is 16.6. The Balaban J connectivity index is 1.50. The topological polar surface area (TPSA) is 116 Å². The molecule has 30 heavy (non-hydrogen) atoms. The van der Waals surface area contributed by atoms with Gasteiger partial charge in [-0.1, -0.05) is 24.3 Å². The Morgan fingerprint density at radius 2 is 1.83 bits per heavy atom. The number of carbonyl (C=O) groups is 3. The van der Waals surface area contributed by atoms with Crippen molar-refractivity contribution in [3.05, 3.63) is 69.3 Å². The molecule has 0 aromatic heterocycles. The Morgan fingerprint density at radius 1 is 1.10 bits per heavy atom. The zero-order chi connectivity index (χ0) is 21.7. The number of anilines is 1. The van der Waals surface area contributed by atoms with Crippen molar-refractivity contribution in [2.24, 2.45) is 0 Å². The third-order valence-electron chi connectivity index (χ3n) is 5.01. The highest BCUT2D eigenvalue weighted by atomic mass is 16.6. The summed E-state index contributed by atoms with van der Waals surface area (Å²) in [5.41, 5.74) is 2.78. The Labute approximate surface area is 173 Å². The van der Waals surface area contributed by atoms with Gasteiger partial charge >= 0.3 is 5.97 Å². The number of nitro groups is 1. The van der Waals surface area contributed by atoms with Crippen molar-refractivity contribution in [1.29, 1.82) is 0 Å². The molecule has 2 aromatic rings. The predicted molar refractivity (Wildman–Crippen MR) is 109 cm³/mol. The van der Waals surface area contributed by atoms with Crippen LogP contribution in [0.25, 0.3) is 0 Å². The lowest BCUT2D eigenvalue weighted by atomic mass is 10.0. The smallest absolute Gasteiger partial charge is 0.307 e. The molecule has 0 aliphatic heterocycles. The van der Waals surface area contributed by atoms with Crippen LogP contribution in [-0.2, 0) is 27.2 Å². The van der Waals surface area contributed by atoms with Crippen LogP contribution in [-0.4, -0.2) is 28.7 Å². The van der Waals surface area contributed by atoms with Crippen LogP contribution in [0.2, 0.25) is 0 Å². The van der Waals surface area contributed by atoms with Crippen LogP contribution in [0, 0.1) is 10.1 Å². The number of ether oxygens (including phenoxy) is 1. The first-order valence-corrected chi connectivity index (χ1v) is 9.74. The van der Waals surface area contributed by atoms with E-state index < -0.39 is 22.9 Å². The van der Waals surface area contributed by atoms with Gasteiger partial charge in [-0.15, -0.1) is 0 Å². The van der Waals surface area contributed by atoms with Crippen molar-refractivity contribution < 1.29 is 24.0 Å². The van der Waals surface area contributed by atoms with Gasteiger partial charge in [-0.25, -0.2) is 0 Å². The molecule has 0 saturated carbocycles. The molecule has 1 unspecified atom stereocenters. The molecule has 8 nitrogen and oxygen atoms in total. The van der Waals surface area contributed by atoms with Crippen molar-refractivity contribution in [2.45, 2.75) is 45.1 Å². The fourth-order valence-corrected chi connectivity index (χ4v) is 3.39. The molecule has 156 valence electrons. The van der Waals surface area contributed by atoms with Gasteiger partial charge in [-0.3, -0.25) is 24.5 Å². The summed E-state index contributed by atoms with van der Waals surface area (Å²) in [5.74, 6) is -1.53. The minimum Gasteiger partial charge on any atom is -0.453 e. The molecule has 1 aliphatic carbocycles. The number of Topliss-reactive ketones (excluding diaryl/α,β-unsaturated/α-hetero) is 1. The molecule has 0 heterocycles. The van der Waals surface area contributed by atoms with E-state index >= 15 is 0 Å². The molecule has 0 bridgehead atoms. The zero-order valence-corrected chi connectivity index (χ0v) is 16.6. The number of para-hydroxylation sites is 2. The third kappa shape index (κ3) is 5.08. The molecule has 1 aliphatic rings. The number of carbonyl (C=O) groups excluding carboxylic acids is 3. The molecule has 0 spiro atoms. The van der Waals surface area contributed by atoms with Crippen LogP contribution >= 0.6 is 0 Å². The third-order valence-corrected chi connectivity index (χ3v) is 5.01. The Bertz CT molecular complexity index is 1000. The van der Waals surface area contributed by atoms with Gasteiger partial charge in [0.1, 0.15) is 5.69 Å². The number of aryl methyl sites for hydroxylation is 2. The second-order valence-corrected chi connectivity index (χ2v) is 7.16. The summed E-state index contributed by atoms with van der Waals surface area (Å²) in [6, 6.07) is 11.3. The van der Waals surface area contributed by atoms with Crippen molar-refractivity contribution in [3.8, 4) is 0 Å². The van der Waals surface area contributed by atoms with E-state index in [4.69, 9.17) is 4.74 Å². The Kier molecular flexibility index (Phi) is 6.56. The quantitative estimate of drug-likeness (QED) is 0.308. The van der Waals surface area contributed by atoms with Crippen LogP contribution in [0.1, 0.15) is 47.7 Å². The second-order valence-electron chi connectivity index (χ2n) is 7.16. The van der Waals surface area contributed by atoms with Gasteiger partial charge in [-0.2, -0.15) is 0 Å². The SMILES string of the molecule is CC(OC(=O)CCC(=O)c1ccc2c(c1)CCC2)C(=O)Nc1ccccc1[N+](=O)[O-]. The number of nitro benzene ring substituents is 1. The summed E-state index contributed by atoms with van der Waals surface area (Å²) in [7, 11) is 0. The minimum absolute atomic E-state index is 0.0159. The normalized spacial score (nSPS) is 13.2. The van der Waals surface area contributed by atoms with Gasteiger partial charge in [0.05, 0.1) is 11.3 Å². The maximum Gasteiger partial charge on any atom is 0.307 e. The lowest BCUT2D eigenvalue weighted by Gasteiger charge is -2.13. The second kappa shape index (κ2) is 9.30. The highest BCUT2D eigenvalue weighted by Crippen LogP contribution is 2.24. The summed E-state index contributed by atoms with van der Waals surface area (Å²) in [4.78, 5) is 47.0. The van der Waals surface area contributed by atoms with Crippen LogP contribution in [0.3, 0.4) is 0 Å². The maximum absolute atomic E-state index is 12.4. The number of fused-ring (bicyclic) bond motifs is 1. The van der Waals surface area contributed by atoms with Crippen LogP contribution in [0.4, 0.5) is 11.4 Å². The Morgan fingerprint density at radius 3 is 2.60 bits per heavy atom. The number of nitrogens with one attached hydrogen (secondary N) is 1. The predicted octanol–water partition coefficient (Wildman–Crippen LogP) is 3.62. The first-order chi connectivity index (χ1) is 14.3. The van der Waals surface area contributed by atoms with Crippen molar-refractivity contribution in [2.75, 3.05) is 5.32 Å². The molecule has 0 saturated heterocycles. The molecule has 0 fully saturated rings. The van der Waals surface area contributed by atoms with Crippen LogP contribution < -0.4 is 5.32 Å². The molecule has 1 N–H and O–H groups in total. The van der Waals surface area contributed by atoms with Crippen LogP contribution in [0.5, 0.6) is 0 Å². The first kappa shape index (κ1) is 21.2. The van der Waals surface area contributed by atoms with Gasteiger partial charge in [0.2, 0.25) is 0 Å². The monoisotopic (exact) mass is 410 g/mol. The van der Waals surface area contributed by atoms with E-state index in [2.05, 4.69) is 5.32 Å². The molecule has 0 radical (unpaired) electrons. The molecule has 8 heteroatoms. The highest BCUT2D eigenvalue weighted by Gasteiger charge is 2.22. The number of hydrogen-bond acceptors (Lipinski definition) is 6. The molecule has 1 atom stereocenters. The van der Waals surface area contributed by atoms with E-state index in [0.29, 0.717) is 5.56 Å². The van der Waals surface area contributed by atoms with Gasteiger partial charge in [0.15, 0.2) is 11.9 Å². The van der Waals surface area contributed by atoms with Crippen molar-refractivity contribution in [1.82, 2.24) is 0 Å². The number of rotatable bonds is 8. The van der Waals surface area contributed by atoms with Gasteiger partial charge < -0.3 is 10.1 Å². The maximum atomic E-state index is 12.4. The summed E-state index contributed by atoms with van der Waals surface area (Å²) in [6.45, 7) is 1.37. The lowest BCUT2D eigenvalue weighted by Crippen LogP contribution is -2.30. The molecule has 2 aromatic carbocycles. The van der Waals surface area contributed by atoms with Gasteiger partial charge in [-0.05, 0) is 49.4 Å². The average Bonchev–Trinajstić information content (AvgIpc) is 3.20. The van der Waals surface area contributed by atoms with Gasteiger partial charge in [0, 0.05) is 18.1 Å². The minimum atomic E-state index is -1.16. The number of hydrogen-bond donors (Lipinski definition) is 1. The summed E-state index contributed by atoms with van der Waals surface area (Å²) < 4.78 is 5.07. The molecule has 1 amide bonds. The Hall–Kier alpha value is -3.55. The largest absolute Gasteiger partial charge is 0.453 e. The number of benzene rings is 2. The van der Waals surface area contributed by atoms with E-state index in [1.165, 1.54) is 36.2 Å². The number of ketones is 1. The fourth-order valence-electron chi connectivity index (χ4n) is 3.39. The van der Waals surface area contributed by atoms with E-state index in [9.17, 15) is 24.5 Å². The van der Waals surface area contributed by atoms with E-state index in [1.54, 1.807) is 12.1 Å². The molecular formula is C22H22N2O6. The standard InChI is InChI=1S/C22H22N2O6/c1-14(22(27)23-18-7-2-3-8-19(18)24(28)29)30-21(26)12-11-20(25)17-10-9-15-5-4-6-16(15)13-17/h2-3,7-10,13-14H,4-6,11-12H2,1H3,(H,23,27). The van der Waals surface area contributed by atoms with Crippen molar-refractivity contribution >= 4 is 29.0 Å². The van der Waals surface area contributed by atoms with Gasteiger partial charge in [0.25, 0.3) is 11.6 Å². The first-order valence-electron chi connectivity index (χ1n) is 9.74. The lowest BCUT2D eigenvalue weighted by molar-refractivity contribution is -0.383.